The molecule has 1 saturated carbocycles. The van der Waals surface area contributed by atoms with Crippen LogP contribution in [0.4, 0.5) is 5.69 Å². The first-order valence-electron chi connectivity index (χ1n) is 9.37. The van der Waals surface area contributed by atoms with Gasteiger partial charge >= 0.3 is 0 Å². The van der Waals surface area contributed by atoms with E-state index >= 15 is 0 Å². The standard InChI is InChI=1S/C21H20Cl2N2OS2/c22-16-7-4-8-17(23)15(16)12-27-21-25-18-10-9-14(11-19(18)28-21)24-20(26)13-5-2-1-3-6-13/h4,7-11,13H,1-3,5-6,12H2,(H,24,26). The number of aromatic nitrogens is 1. The van der Waals surface area contributed by atoms with Crippen molar-refractivity contribution in [1.29, 1.82) is 0 Å². The molecule has 3 aromatic rings. The zero-order chi connectivity index (χ0) is 19.5. The molecule has 0 aliphatic heterocycles. The minimum atomic E-state index is 0.145. The van der Waals surface area contributed by atoms with Crippen molar-refractivity contribution in [3.05, 3.63) is 52.0 Å². The lowest BCUT2D eigenvalue weighted by molar-refractivity contribution is -0.120. The van der Waals surface area contributed by atoms with E-state index in [4.69, 9.17) is 23.2 Å². The van der Waals surface area contributed by atoms with Gasteiger partial charge in [0, 0.05) is 27.4 Å². The topological polar surface area (TPSA) is 42.0 Å². The van der Waals surface area contributed by atoms with Crippen molar-refractivity contribution in [2.45, 2.75) is 42.2 Å². The number of hydrogen-bond acceptors (Lipinski definition) is 4. The van der Waals surface area contributed by atoms with Crippen molar-refractivity contribution in [2.75, 3.05) is 5.32 Å². The Balaban J connectivity index is 1.45. The molecule has 2 aromatic carbocycles. The second-order valence-corrected chi connectivity index (χ2v) is 10.0. The monoisotopic (exact) mass is 450 g/mol. The van der Waals surface area contributed by atoms with Crippen LogP contribution in [-0.4, -0.2) is 10.9 Å². The van der Waals surface area contributed by atoms with Crippen LogP contribution in [0.15, 0.2) is 40.7 Å². The highest BCUT2D eigenvalue weighted by atomic mass is 35.5. The third-order valence-electron chi connectivity index (χ3n) is 5.01. The first-order chi connectivity index (χ1) is 13.6. The van der Waals surface area contributed by atoms with E-state index in [0.29, 0.717) is 15.8 Å². The number of carbonyl (C=O) groups is 1. The molecule has 0 saturated heterocycles. The molecular formula is C21H20Cl2N2OS2. The van der Waals surface area contributed by atoms with E-state index in [0.717, 1.165) is 51.5 Å². The Hall–Kier alpha value is -1.27. The Labute approximate surface area is 182 Å². The fourth-order valence-electron chi connectivity index (χ4n) is 3.46. The van der Waals surface area contributed by atoms with Crippen LogP contribution < -0.4 is 5.32 Å². The summed E-state index contributed by atoms with van der Waals surface area (Å²) in [5, 5.41) is 4.43. The number of anilines is 1. The van der Waals surface area contributed by atoms with E-state index in [2.05, 4.69) is 10.3 Å². The van der Waals surface area contributed by atoms with Crippen molar-refractivity contribution >= 4 is 68.1 Å². The summed E-state index contributed by atoms with van der Waals surface area (Å²) in [5.41, 5.74) is 2.71. The number of amides is 1. The van der Waals surface area contributed by atoms with Crippen molar-refractivity contribution in [3.8, 4) is 0 Å². The molecule has 1 heterocycles. The predicted molar refractivity (Wildman–Crippen MR) is 121 cm³/mol. The molecule has 1 aromatic heterocycles. The van der Waals surface area contributed by atoms with Crippen LogP contribution in [0.2, 0.25) is 10.0 Å². The van der Waals surface area contributed by atoms with Crippen LogP contribution >= 0.6 is 46.3 Å². The zero-order valence-electron chi connectivity index (χ0n) is 15.2. The number of carbonyl (C=O) groups excluding carboxylic acids is 1. The number of nitrogens with one attached hydrogen (secondary N) is 1. The SMILES string of the molecule is O=C(Nc1ccc2nc(SCc3c(Cl)cccc3Cl)sc2c1)C1CCCCC1. The second-order valence-electron chi connectivity index (χ2n) is 6.98. The summed E-state index contributed by atoms with van der Waals surface area (Å²) in [6.07, 6.45) is 5.56. The van der Waals surface area contributed by atoms with Crippen LogP contribution in [0.1, 0.15) is 37.7 Å². The molecule has 1 amide bonds. The number of nitrogens with zero attached hydrogens (tertiary/aromatic N) is 1. The Morgan fingerprint density at radius 1 is 1.14 bits per heavy atom. The number of hydrogen-bond donors (Lipinski definition) is 1. The minimum Gasteiger partial charge on any atom is -0.326 e. The molecule has 7 heteroatoms. The molecule has 1 fully saturated rings. The largest absolute Gasteiger partial charge is 0.326 e. The first-order valence-corrected chi connectivity index (χ1v) is 11.9. The maximum absolute atomic E-state index is 12.5. The van der Waals surface area contributed by atoms with Gasteiger partial charge in [0.1, 0.15) is 0 Å². The fraction of sp³-hybridized carbons (Fsp3) is 0.333. The van der Waals surface area contributed by atoms with Crippen molar-refractivity contribution < 1.29 is 4.79 Å². The summed E-state index contributed by atoms with van der Waals surface area (Å²) in [7, 11) is 0. The summed E-state index contributed by atoms with van der Waals surface area (Å²) in [5.74, 6) is 0.966. The molecular weight excluding hydrogens is 431 g/mol. The van der Waals surface area contributed by atoms with Crippen molar-refractivity contribution in [3.63, 3.8) is 0 Å². The van der Waals surface area contributed by atoms with Gasteiger partial charge in [-0.25, -0.2) is 4.98 Å². The molecule has 0 radical (unpaired) electrons. The lowest BCUT2D eigenvalue weighted by Gasteiger charge is -2.20. The van der Waals surface area contributed by atoms with Gasteiger partial charge in [-0.2, -0.15) is 0 Å². The number of halogens is 2. The zero-order valence-corrected chi connectivity index (χ0v) is 18.4. The lowest BCUT2D eigenvalue weighted by Crippen LogP contribution is -2.24. The molecule has 0 atom stereocenters. The summed E-state index contributed by atoms with van der Waals surface area (Å²) in [6, 6.07) is 11.5. The third-order valence-corrected chi connectivity index (χ3v) is 7.91. The predicted octanol–water partition coefficient (Wildman–Crippen LogP) is 7.41. The molecule has 0 bridgehead atoms. The van der Waals surface area contributed by atoms with Crippen molar-refractivity contribution in [1.82, 2.24) is 4.98 Å². The van der Waals surface area contributed by atoms with Gasteiger partial charge < -0.3 is 5.32 Å². The van der Waals surface area contributed by atoms with Gasteiger partial charge in [-0.15, -0.1) is 11.3 Å². The summed E-state index contributed by atoms with van der Waals surface area (Å²) >= 11 is 15.7. The molecule has 28 heavy (non-hydrogen) atoms. The van der Waals surface area contributed by atoms with Crippen LogP contribution in [-0.2, 0) is 10.5 Å². The van der Waals surface area contributed by atoms with Crippen LogP contribution in [0.25, 0.3) is 10.2 Å². The van der Waals surface area contributed by atoms with Crippen LogP contribution in [0.5, 0.6) is 0 Å². The molecule has 146 valence electrons. The van der Waals surface area contributed by atoms with E-state index in [1.165, 1.54) is 6.42 Å². The second kappa shape index (κ2) is 9.04. The number of thioether (sulfide) groups is 1. The Morgan fingerprint density at radius 3 is 2.64 bits per heavy atom. The summed E-state index contributed by atoms with van der Waals surface area (Å²) < 4.78 is 2.02. The van der Waals surface area contributed by atoms with E-state index < -0.39 is 0 Å². The summed E-state index contributed by atoms with van der Waals surface area (Å²) in [4.78, 5) is 17.2. The average Bonchev–Trinajstić information content (AvgIpc) is 3.10. The van der Waals surface area contributed by atoms with Gasteiger partial charge in [0.2, 0.25) is 5.91 Å². The number of rotatable bonds is 5. The van der Waals surface area contributed by atoms with Gasteiger partial charge in [0.25, 0.3) is 0 Å². The molecule has 3 nitrogen and oxygen atoms in total. The Kier molecular flexibility index (Phi) is 6.46. The van der Waals surface area contributed by atoms with Crippen molar-refractivity contribution in [2.24, 2.45) is 5.92 Å². The quantitative estimate of drug-likeness (QED) is 0.411. The Morgan fingerprint density at radius 2 is 1.89 bits per heavy atom. The minimum absolute atomic E-state index is 0.145. The Bertz CT molecular complexity index is 979. The molecule has 0 unspecified atom stereocenters. The maximum atomic E-state index is 12.5. The number of fused-ring (bicyclic) bond motifs is 1. The van der Waals surface area contributed by atoms with Gasteiger partial charge in [0.05, 0.1) is 10.2 Å². The van der Waals surface area contributed by atoms with Gasteiger partial charge in [-0.1, -0.05) is 60.3 Å². The van der Waals surface area contributed by atoms with E-state index in [-0.39, 0.29) is 11.8 Å². The number of benzene rings is 2. The van der Waals surface area contributed by atoms with Gasteiger partial charge in [-0.3, -0.25) is 4.79 Å². The maximum Gasteiger partial charge on any atom is 0.227 e. The normalized spacial score (nSPS) is 15.1. The molecule has 1 aliphatic rings. The molecule has 1 aliphatic carbocycles. The highest BCUT2D eigenvalue weighted by molar-refractivity contribution is 8.00. The smallest absolute Gasteiger partial charge is 0.227 e. The first kappa shape index (κ1) is 20.0. The molecule has 4 rings (SSSR count). The average molecular weight is 451 g/mol. The fourth-order valence-corrected chi connectivity index (χ4v) is 6.31. The lowest BCUT2D eigenvalue weighted by atomic mass is 9.88. The van der Waals surface area contributed by atoms with E-state index in [1.807, 2.05) is 36.4 Å². The summed E-state index contributed by atoms with van der Waals surface area (Å²) in [6.45, 7) is 0. The highest BCUT2D eigenvalue weighted by Gasteiger charge is 2.21. The van der Waals surface area contributed by atoms with Crippen LogP contribution in [0, 0.1) is 5.92 Å². The third kappa shape index (κ3) is 4.65. The van der Waals surface area contributed by atoms with E-state index in [1.54, 1.807) is 23.1 Å². The van der Waals surface area contributed by atoms with Gasteiger partial charge in [-0.05, 0) is 48.7 Å². The van der Waals surface area contributed by atoms with Gasteiger partial charge in [0.15, 0.2) is 4.34 Å². The molecule has 0 spiro atoms. The molecule has 1 N–H and O–H groups in total. The highest BCUT2D eigenvalue weighted by Crippen LogP contribution is 2.36. The number of thiazole rings is 1. The van der Waals surface area contributed by atoms with E-state index in [9.17, 15) is 4.79 Å². The van der Waals surface area contributed by atoms with Crippen LogP contribution in [0.3, 0.4) is 0 Å².